The van der Waals surface area contributed by atoms with E-state index in [1.165, 1.54) is 7.11 Å². The lowest BCUT2D eigenvalue weighted by atomic mass is 10.0. The zero-order chi connectivity index (χ0) is 17.3. The molecular weight excluding hydrogens is 310 g/mol. The zero-order valence-electron chi connectivity index (χ0n) is 14.2. The predicted octanol–water partition coefficient (Wildman–Crippen LogP) is 4.60. The van der Waals surface area contributed by atoms with Gasteiger partial charge in [-0.1, -0.05) is 56.2 Å². The average molecular weight is 335 g/mol. The fourth-order valence-electron chi connectivity index (χ4n) is 2.63. The van der Waals surface area contributed by atoms with Crippen LogP contribution in [0.5, 0.6) is 0 Å². The Bertz CT molecular complexity index is 534. The van der Waals surface area contributed by atoms with Gasteiger partial charge in [0.25, 0.3) is 0 Å². The normalized spacial score (nSPS) is 13.7. The quantitative estimate of drug-likeness (QED) is 0.217. The highest BCUT2D eigenvalue weighted by molar-refractivity contribution is 6.73. The molecule has 7 heteroatoms. The number of carbonyl (C=O) groups excluding carboxylic acids is 1. The summed E-state index contributed by atoms with van der Waals surface area (Å²) in [4.78, 5) is 15.2. The van der Waals surface area contributed by atoms with Crippen LogP contribution in [0.1, 0.15) is 32.4 Å². The second-order valence-corrected chi connectivity index (χ2v) is 10.1. The monoisotopic (exact) mass is 335 g/mol. The fraction of sp³-hybridized carbons (Fsp3) is 0.562. The van der Waals surface area contributed by atoms with Crippen molar-refractivity contribution < 1.29 is 14.0 Å². The van der Waals surface area contributed by atoms with Crippen molar-refractivity contribution in [2.75, 3.05) is 7.11 Å². The lowest BCUT2D eigenvalue weighted by Crippen LogP contribution is -2.45. The van der Waals surface area contributed by atoms with E-state index in [0.29, 0.717) is 0 Å². The third-order valence-electron chi connectivity index (χ3n) is 4.35. The minimum absolute atomic E-state index is 0.501. The summed E-state index contributed by atoms with van der Waals surface area (Å²) in [5.41, 5.74) is 9.68. The maximum absolute atomic E-state index is 12.3. The first-order chi connectivity index (χ1) is 11.1. The van der Waals surface area contributed by atoms with E-state index in [0.717, 1.165) is 23.7 Å². The third kappa shape index (κ3) is 4.82. The van der Waals surface area contributed by atoms with Crippen molar-refractivity contribution >= 4 is 14.3 Å². The SMILES string of the molecule is CC[Si](CC)(CC)O[C@@H](C(=O)OC)[C@@H](N=[N+]=[N-])c1ccccc1. The van der Waals surface area contributed by atoms with Gasteiger partial charge in [0.15, 0.2) is 14.4 Å². The van der Waals surface area contributed by atoms with Crippen molar-refractivity contribution in [1.82, 2.24) is 0 Å². The lowest BCUT2D eigenvalue weighted by molar-refractivity contribution is -0.150. The molecule has 0 amide bonds. The van der Waals surface area contributed by atoms with Gasteiger partial charge in [-0.25, -0.2) is 4.79 Å². The first-order valence-corrected chi connectivity index (χ1v) is 10.4. The molecule has 1 rings (SSSR count). The third-order valence-corrected chi connectivity index (χ3v) is 8.97. The number of ether oxygens (including phenoxy) is 1. The number of nitrogens with zero attached hydrogens (tertiary/aromatic N) is 3. The number of hydrogen-bond acceptors (Lipinski definition) is 4. The van der Waals surface area contributed by atoms with Crippen LogP contribution in [-0.2, 0) is 14.0 Å². The standard InChI is InChI=1S/C16H25N3O3Si/c1-5-23(6-2,7-3)22-15(16(20)21-4)14(18-19-17)13-11-9-8-10-12-13/h8-12,14-15H,5-7H2,1-4H3/t14-,15+/m0/s1. The number of esters is 1. The molecule has 0 saturated carbocycles. The van der Waals surface area contributed by atoms with Crippen LogP contribution in [0.15, 0.2) is 35.4 Å². The van der Waals surface area contributed by atoms with Gasteiger partial charge in [0.1, 0.15) is 0 Å². The van der Waals surface area contributed by atoms with Crippen LogP contribution in [0.2, 0.25) is 18.1 Å². The molecule has 1 aromatic rings. The number of methoxy groups -OCH3 is 1. The first kappa shape index (κ1) is 19.2. The molecule has 0 fully saturated rings. The zero-order valence-corrected chi connectivity index (χ0v) is 15.2. The Balaban J connectivity index is 3.26. The van der Waals surface area contributed by atoms with E-state index in [9.17, 15) is 4.79 Å². The van der Waals surface area contributed by atoms with Gasteiger partial charge >= 0.3 is 5.97 Å². The molecule has 2 atom stereocenters. The minimum atomic E-state index is -2.07. The second kappa shape index (κ2) is 9.35. The van der Waals surface area contributed by atoms with Crippen molar-refractivity contribution in [2.45, 2.75) is 51.0 Å². The summed E-state index contributed by atoms with van der Waals surface area (Å²) in [6.45, 7) is 6.25. The Morgan fingerprint density at radius 2 is 1.78 bits per heavy atom. The number of benzene rings is 1. The van der Waals surface area contributed by atoms with Gasteiger partial charge in [0.2, 0.25) is 0 Å². The van der Waals surface area contributed by atoms with E-state index < -0.39 is 26.4 Å². The highest BCUT2D eigenvalue weighted by Crippen LogP contribution is 2.31. The van der Waals surface area contributed by atoms with Gasteiger partial charge in [-0.05, 0) is 29.2 Å². The van der Waals surface area contributed by atoms with E-state index in [2.05, 4.69) is 30.8 Å². The van der Waals surface area contributed by atoms with Crippen molar-refractivity contribution in [1.29, 1.82) is 0 Å². The summed E-state index contributed by atoms with van der Waals surface area (Å²) in [6.07, 6.45) is -0.912. The van der Waals surface area contributed by atoms with Crippen LogP contribution in [0.25, 0.3) is 10.4 Å². The largest absolute Gasteiger partial charge is 0.467 e. The van der Waals surface area contributed by atoms with Gasteiger partial charge < -0.3 is 9.16 Å². The van der Waals surface area contributed by atoms with E-state index in [-0.39, 0.29) is 0 Å². The number of rotatable bonds is 9. The number of carbonyl (C=O) groups is 1. The summed E-state index contributed by atoms with van der Waals surface area (Å²) in [6, 6.07) is 11.2. The molecule has 0 heterocycles. The van der Waals surface area contributed by atoms with Gasteiger partial charge in [-0.15, -0.1) is 0 Å². The fourth-order valence-corrected chi connectivity index (χ4v) is 5.40. The van der Waals surface area contributed by atoms with Crippen LogP contribution in [-0.4, -0.2) is 27.5 Å². The Morgan fingerprint density at radius 3 is 2.22 bits per heavy atom. The number of azide groups is 1. The lowest BCUT2D eigenvalue weighted by Gasteiger charge is -2.34. The van der Waals surface area contributed by atoms with Crippen LogP contribution in [0, 0.1) is 0 Å². The highest BCUT2D eigenvalue weighted by Gasteiger charge is 2.39. The molecule has 23 heavy (non-hydrogen) atoms. The maximum atomic E-state index is 12.3. The highest BCUT2D eigenvalue weighted by atomic mass is 28.4. The van der Waals surface area contributed by atoms with Crippen LogP contribution < -0.4 is 0 Å². The van der Waals surface area contributed by atoms with Crippen molar-refractivity contribution in [3.63, 3.8) is 0 Å². The summed E-state index contributed by atoms with van der Waals surface area (Å²) < 4.78 is 11.2. The van der Waals surface area contributed by atoms with Gasteiger partial charge in [0.05, 0.1) is 13.2 Å². The van der Waals surface area contributed by atoms with Crippen LogP contribution >= 0.6 is 0 Å². The van der Waals surface area contributed by atoms with E-state index in [4.69, 9.17) is 14.7 Å². The number of hydrogen-bond donors (Lipinski definition) is 0. The van der Waals surface area contributed by atoms with Crippen molar-refractivity contribution in [3.8, 4) is 0 Å². The molecule has 0 aromatic heterocycles. The Morgan fingerprint density at radius 1 is 1.22 bits per heavy atom. The summed E-state index contributed by atoms with van der Waals surface area (Å²) in [7, 11) is -0.745. The first-order valence-electron chi connectivity index (χ1n) is 7.92. The topological polar surface area (TPSA) is 84.3 Å². The molecule has 126 valence electrons. The molecule has 0 bridgehead atoms. The van der Waals surface area contributed by atoms with Crippen molar-refractivity contribution in [3.05, 3.63) is 46.3 Å². The molecule has 0 aliphatic heterocycles. The smallest absolute Gasteiger partial charge is 0.334 e. The molecule has 0 aliphatic rings. The van der Waals surface area contributed by atoms with E-state index in [1.54, 1.807) is 0 Å². The molecule has 0 N–H and O–H groups in total. The second-order valence-electron chi connectivity index (χ2n) is 5.37. The molecule has 6 nitrogen and oxygen atoms in total. The van der Waals surface area contributed by atoms with Crippen LogP contribution in [0.4, 0.5) is 0 Å². The Kier molecular flexibility index (Phi) is 7.81. The Labute approximate surface area is 138 Å². The predicted molar refractivity (Wildman–Crippen MR) is 92.4 cm³/mol. The van der Waals surface area contributed by atoms with E-state index in [1.807, 2.05) is 30.3 Å². The summed E-state index contributed by atoms with van der Waals surface area (Å²) in [5, 5.41) is 3.83. The van der Waals surface area contributed by atoms with Gasteiger partial charge in [-0.3, -0.25) is 0 Å². The van der Waals surface area contributed by atoms with Gasteiger partial charge in [0, 0.05) is 4.91 Å². The van der Waals surface area contributed by atoms with Crippen molar-refractivity contribution in [2.24, 2.45) is 5.11 Å². The molecule has 0 radical (unpaired) electrons. The molecule has 0 unspecified atom stereocenters. The molecule has 0 aliphatic carbocycles. The molecule has 1 aromatic carbocycles. The molecular formula is C16H25N3O3Si. The molecule has 0 saturated heterocycles. The van der Waals surface area contributed by atoms with Crippen LogP contribution in [0.3, 0.4) is 0 Å². The minimum Gasteiger partial charge on any atom is -0.467 e. The average Bonchev–Trinajstić information content (AvgIpc) is 2.62. The van der Waals surface area contributed by atoms with E-state index >= 15 is 0 Å². The van der Waals surface area contributed by atoms with Gasteiger partial charge in [-0.2, -0.15) is 0 Å². The maximum Gasteiger partial charge on any atom is 0.334 e. The molecule has 0 spiro atoms. The Hall–Kier alpha value is -1.82. The summed E-state index contributed by atoms with van der Waals surface area (Å²) >= 11 is 0. The summed E-state index contributed by atoms with van der Waals surface area (Å²) in [5.74, 6) is -0.501.